The van der Waals surface area contributed by atoms with Crippen LogP contribution in [0.3, 0.4) is 0 Å². The van der Waals surface area contributed by atoms with Crippen molar-refractivity contribution in [3.05, 3.63) is 146 Å². The van der Waals surface area contributed by atoms with Gasteiger partial charge in [0.2, 0.25) is 0 Å². The summed E-state index contributed by atoms with van der Waals surface area (Å²) in [5, 5.41) is 6.40. The molecule has 0 saturated heterocycles. The van der Waals surface area contributed by atoms with Crippen molar-refractivity contribution in [2.24, 2.45) is 0 Å². The summed E-state index contributed by atoms with van der Waals surface area (Å²) in [6.07, 6.45) is 1.29. The number of imidazole rings is 1. The van der Waals surface area contributed by atoms with Crippen molar-refractivity contribution in [2.45, 2.75) is 12.7 Å². The Hall–Kier alpha value is -4.79. The van der Waals surface area contributed by atoms with Crippen molar-refractivity contribution in [3.63, 3.8) is 0 Å². The number of hydrogen-bond donors (Lipinski definition) is 2. The Kier molecular flexibility index (Phi) is 8.03. The number of hydrogen-bond acceptors (Lipinski definition) is 2. The van der Waals surface area contributed by atoms with E-state index in [1.54, 1.807) is 30.3 Å². The lowest BCUT2D eigenvalue weighted by Crippen LogP contribution is -2.04. The maximum atomic E-state index is 13.2. The summed E-state index contributed by atoms with van der Waals surface area (Å²) in [7, 11) is 0. The van der Waals surface area contributed by atoms with E-state index >= 15 is 0 Å². The number of nitrogens with one attached hydrogen (secondary N) is 2. The van der Waals surface area contributed by atoms with E-state index in [4.69, 9.17) is 28.2 Å². The van der Waals surface area contributed by atoms with E-state index in [1.807, 2.05) is 65.4 Å². The van der Waals surface area contributed by atoms with E-state index in [9.17, 15) is 18.0 Å². The molecular formula is C34H23Cl2F3N4O. The van der Waals surface area contributed by atoms with Crippen LogP contribution in [0.25, 0.3) is 45.8 Å². The van der Waals surface area contributed by atoms with E-state index in [0.717, 1.165) is 34.4 Å². The largest absolute Gasteiger partial charge is 0.416 e. The predicted octanol–water partition coefficient (Wildman–Crippen LogP) is 9.44. The predicted molar refractivity (Wildman–Crippen MR) is 169 cm³/mol. The molecule has 0 fully saturated rings. The van der Waals surface area contributed by atoms with Gasteiger partial charge in [-0.05, 0) is 64.2 Å². The molecule has 0 aliphatic heterocycles. The van der Waals surface area contributed by atoms with Gasteiger partial charge in [-0.25, -0.2) is 4.98 Å². The van der Waals surface area contributed by atoms with Crippen LogP contribution in [0.15, 0.2) is 108 Å². The first-order chi connectivity index (χ1) is 21.1. The minimum atomic E-state index is -4.40. The third-order valence-corrected chi connectivity index (χ3v) is 7.63. The van der Waals surface area contributed by atoms with E-state index in [0.29, 0.717) is 44.9 Å². The van der Waals surface area contributed by atoms with Gasteiger partial charge in [-0.3, -0.25) is 15.0 Å². The van der Waals surface area contributed by atoms with Gasteiger partial charge in [0.15, 0.2) is 0 Å². The van der Waals surface area contributed by atoms with E-state index in [-0.39, 0.29) is 5.56 Å². The second-order valence-corrected chi connectivity index (χ2v) is 11.0. The van der Waals surface area contributed by atoms with Gasteiger partial charge >= 0.3 is 6.18 Å². The number of halogens is 5. The summed E-state index contributed by atoms with van der Waals surface area (Å²) in [5.41, 5.74) is 5.14. The van der Waals surface area contributed by atoms with E-state index in [2.05, 4.69) is 10.2 Å². The Morgan fingerprint density at radius 1 is 0.795 bits per heavy atom. The van der Waals surface area contributed by atoms with Gasteiger partial charge in [-0.1, -0.05) is 89.9 Å². The molecule has 10 heteroatoms. The molecule has 0 aliphatic carbocycles. The van der Waals surface area contributed by atoms with Crippen LogP contribution in [0, 0.1) is 0 Å². The molecule has 2 N–H and O–H groups in total. The Bertz CT molecular complexity index is 2020. The Labute approximate surface area is 260 Å². The molecule has 0 saturated carbocycles. The number of aromatic amines is 2. The fourth-order valence-corrected chi connectivity index (χ4v) is 5.33. The molecule has 220 valence electrons. The molecule has 2 heterocycles. The van der Waals surface area contributed by atoms with Crippen molar-refractivity contribution in [1.29, 1.82) is 0 Å². The summed E-state index contributed by atoms with van der Waals surface area (Å²) in [6.45, 7) is 0.510. The number of alkyl halides is 3. The topological polar surface area (TPSA) is 66.5 Å². The number of H-pyrrole nitrogens is 2. The van der Waals surface area contributed by atoms with Crippen molar-refractivity contribution in [3.8, 4) is 33.6 Å². The lowest BCUT2D eigenvalue weighted by molar-refractivity contribution is -0.137. The highest BCUT2D eigenvalue weighted by atomic mass is 35.5. The van der Waals surface area contributed by atoms with Crippen LogP contribution < -0.4 is 5.56 Å². The Morgan fingerprint density at radius 2 is 1.55 bits per heavy atom. The highest BCUT2D eigenvalue weighted by Gasteiger charge is 2.30. The highest BCUT2D eigenvalue weighted by Crippen LogP contribution is 2.33. The summed E-state index contributed by atoms with van der Waals surface area (Å²) in [6, 6.07) is 27.1. The van der Waals surface area contributed by atoms with Crippen LogP contribution in [0.5, 0.6) is 0 Å². The molecule has 0 aliphatic rings. The minimum Gasteiger partial charge on any atom is -0.326 e. The molecule has 0 radical (unpaired) electrons. The van der Waals surface area contributed by atoms with Gasteiger partial charge in [0.25, 0.3) is 5.56 Å². The zero-order chi connectivity index (χ0) is 30.8. The average Bonchev–Trinajstić information content (AvgIpc) is 3.62. The zero-order valence-electron chi connectivity index (χ0n) is 22.9. The zero-order valence-corrected chi connectivity index (χ0v) is 24.4. The summed E-state index contributed by atoms with van der Waals surface area (Å²) in [4.78, 5) is 16.4. The van der Waals surface area contributed by atoms with Crippen LogP contribution in [-0.2, 0) is 12.7 Å². The molecular weight excluding hydrogens is 608 g/mol. The fraction of sp³-hybridized carbons (Fsp3) is 0.0588. The molecule has 0 amide bonds. The minimum absolute atomic E-state index is 0.197. The standard InChI is InChI=1S/C34H23Cl2F3N4O/c35-27-13-14-28(29(36)17-27)31-20-43(19-22-6-11-24(12-7-22)30-18-33(44)42-41-30)32(40-31)15-8-21-4-9-23(10-5-21)25-2-1-3-26(16-25)34(37,38)39/h1-18,20H,19H2,(H2,41,42,44)/b15-8+. The maximum Gasteiger partial charge on any atom is 0.416 e. The number of rotatable bonds is 7. The van der Waals surface area contributed by atoms with Crippen LogP contribution in [0.2, 0.25) is 10.0 Å². The number of benzene rings is 4. The highest BCUT2D eigenvalue weighted by molar-refractivity contribution is 6.36. The SMILES string of the molecule is O=c1cc(-c2ccc(Cn3cc(-c4ccc(Cl)cc4Cl)nc3/C=C/c3ccc(-c4cccc(C(F)(F)F)c4)cc3)cc2)[nH][nH]1. The van der Waals surface area contributed by atoms with Crippen molar-refractivity contribution >= 4 is 35.4 Å². The monoisotopic (exact) mass is 630 g/mol. The third-order valence-electron chi connectivity index (χ3n) is 7.09. The normalized spacial score (nSPS) is 11.8. The molecule has 6 rings (SSSR count). The van der Waals surface area contributed by atoms with Gasteiger partial charge in [-0.15, -0.1) is 0 Å². The first-order valence-corrected chi connectivity index (χ1v) is 14.2. The fourth-order valence-electron chi connectivity index (χ4n) is 4.82. The molecule has 0 spiro atoms. The second-order valence-electron chi connectivity index (χ2n) is 10.1. The molecule has 5 nitrogen and oxygen atoms in total. The molecule has 4 aromatic carbocycles. The van der Waals surface area contributed by atoms with Crippen molar-refractivity contribution < 1.29 is 13.2 Å². The van der Waals surface area contributed by atoms with Gasteiger partial charge in [0.05, 0.1) is 22.0 Å². The molecule has 0 atom stereocenters. The lowest BCUT2D eigenvalue weighted by Gasteiger charge is -2.09. The maximum absolute atomic E-state index is 13.2. The Balaban J connectivity index is 1.29. The molecule has 0 bridgehead atoms. The van der Waals surface area contributed by atoms with Gasteiger partial charge in [0.1, 0.15) is 5.82 Å². The smallest absolute Gasteiger partial charge is 0.326 e. The van der Waals surface area contributed by atoms with Crippen LogP contribution >= 0.6 is 23.2 Å². The van der Waals surface area contributed by atoms with Crippen LogP contribution in [0.1, 0.15) is 22.5 Å². The van der Waals surface area contributed by atoms with Gasteiger partial charge < -0.3 is 4.57 Å². The molecule has 2 aromatic heterocycles. The number of aromatic nitrogens is 4. The summed E-state index contributed by atoms with van der Waals surface area (Å²) >= 11 is 12.6. The lowest BCUT2D eigenvalue weighted by atomic mass is 10.0. The molecule has 6 aromatic rings. The van der Waals surface area contributed by atoms with Gasteiger partial charge in [0, 0.05) is 29.4 Å². The van der Waals surface area contributed by atoms with Crippen molar-refractivity contribution in [1.82, 2.24) is 19.7 Å². The third kappa shape index (κ3) is 6.56. The first-order valence-electron chi connectivity index (χ1n) is 13.5. The number of nitrogens with zero attached hydrogens (tertiary/aromatic N) is 2. The quantitative estimate of drug-likeness (QED) is 0.184. The second kappa shape index (κ2) is 12.1. The Morgan fingerprint density at radius 3 is 2.23 bits per heavy atom. The van der Waals surface area contributed by atoms with Crippen molar-refractivity contribution in [2.75, 3.05) is 0 Å². The van der Waals surface area contributed by atoms with Gasteiger partial charge in [-0.2, -0.15) is 13.2 Å². The summed E-state index contributed by atoms with van der Waals surface area (Å²) in [5.74, 6) is 0.673. The average molecular weight is 631 g/mol. The van der Waals surface area contributed by atoms with Crippen LogP contribution in [0.4, 0.5) is 13.2 Å². The molecule has 0 unspecified atom stereocenters. The molecule has 44 heavy (non-hydrogen) atoms. The first kappa shape index (κ1) is 29.3. The van der Waals surface area contributed by atoms with E-state index in [1.165, 1.54) is 12.1 Å². The van der Waals surface area contributed by atoms with E-state index < -0.39 is 11.7 Å². The summed E-state index contributed by atoms with van der Waals surface area (Å²) < 4.78 is 41.5. The van der Waals surface area contributed by atoms with Crippen LogP contribution in [-0.4, -0.2) is 19.7 Å².